The summed E-state index contributed by atoms with van der Waals surface area (Å²) in [4.78, 5) is 12.2. The summed E-state index contributed by atoms with van der Waals surface area (Å²) in [5.41, 5.74) is 6.76. The van der Waals surface area contributed by atoms with Gasteiger partial charge in [-0.25, -0.2) is 0 Å². The number of carbonyl (C=O) groups is 1. The third kappa shape index (κ3) is 2.93. The number of nitrogen functional groups attached to an aromatic ring is 1. The first-order valence-corrected chi connectivity index (χ1v) is 8.61. The lowest BCUT2D eigenvalue weighted by Gasteiger charge is -2.21. The van der Waals surface area contributed by atoms with E-state index in [-0.39, 0.29) is 12.7 Å². The Hall–Kier alpha value is -1.21. The summed E-state index contributed by atoms with van der Waals surface area (Å²) in [5, 5.41) is 3.43. The van der Waals surface area contributed by atoms with E-state index in [0.29, 0.717) is 34.5 Å². The summed E-state index contributed by atoms with van der Waals surface area (Å²) in [6.45, 7) is 0.847. The predicted molar refractivity (Wildman–Crippen MR) is 82.9 cm³/mol. The minimum Gasteiger partial charge on any atom is -0.454 e. The zero-order chi connectivity index (χ0) is 13.9. The molecule has 3 rings (SSSR count). The van der Waals surface area contributed by atoms with E-state index in [1.807, 2.05) is 23.5 Å². The maximum Gasteiger partial charge on any atom is 0.253 e. The van der Waals surface area contributed by atoms with E-state index in [1.54, 1.807) is 12.1 Å². The number of fused-ring (bicyclic) bond motifs is 1. The van der Waals surface area contributed by atoms with Crippen molar-refractivity contribution in [3.8, 4) is 11.5 Å². The van der Waals surface area contributed by atoms with Gasteiger partial charge in [0.15, 0.2) is 11.5 Å². The van der Waals surface area contributed by atoms with Gasteiger partial charge in [-0.2, -0.15) is 23.5 Å². The minimum atomic E-state index is -0.156. The van der Waals surface area contributed by atoms with Crippen LogP contribution in [0.25, 0.3) is 0 Å². The molecule has 2 heterocycles. The van der Waals surface area contributed by atoms with Gasteiger partial charge in [0.2, 0.25) is 6.79 Å². The average Bonchev–Trinajstić information content (AvgIpc) is 2.92. The normalized spacial score (nSPS) is 20.7. The number of benzene rings is 1. The van der Waals surface area contributed by atoms with Crippen molar-refractivity contribution in [2.24, 2.45) is 0 Å². The molecule has 1 unspecified atom stereocenters. The Kier molecular flexibility index (Phi) is 4.16. The van der Waals surface area contributed by atoms with Crippen LogP contribution in [0.4, 0.5) is 5.69 Å². The largest absolute Gasteiger partial charge is 0.454 e. The third-order valence-corrected chi connectivity index (χ3v) is 6.01. The molecule has 108 valence electrons. The minimum absolute atomic E-state index is 0.156. The molecule has 1 aromatic carbocycles. The number of hydrogen-bond acceptors (Lipinski definition) is 6. The zero-order valence-electron chi connectivity index (χ0n) is 10.9. The Morgan fingerprint density at radius 1 is 1.35 bits per heavy atom. The Morgan fingerprint density at radius 3 is 2.90 bits per heavy atom. The van der Waals surface area contributed by atoms with Crippen molar-refractivity contribution >= 4 is 35.1 Å². The molecule has 0 saturated carbocycles. The molecule has 1 saturated heterocycles. The van der Waals surface area contributed by atoms with E-state index >= 15 is 0 Å². The summed E-state index contributed by atoms with van der Waals surface area (Å²) in [7, 11) is 0. The van der Waals surface area contributed by atoms with E-state index in [2.05, 4.69) is 5.32 Å². The molecular formula is C13H16N2O3S2. The summed E-state index contributed by atoms with van der Waals surface area (Å²) >= 11 is 3.85. The molecule has 1 amide bonds. The molecular weight excluding hydrogens is 296 g/mol. The maximum atomic E-state index is 12.2. The van der Waals surface area contributed by atoms with Crippen LogP contribution in [-0.4, -0.2) is 41.8 Å². The lowest BCUT2D eigenvalue weighted by atomic mass is 10.1. The van der Waals surface area contributed by atoms with E-state index < -0.39 is 0 Å². The highest BCUT2D eigenvalue weighted by atomic mass is 32.2. The average molecular weight is 312 g/mol. The first-order valence-electron chi connectivity index (χ1n) is 6.40. The molecule has 0 spiro atoms. The van der Waals surface area contributed by atoms with Crippen LogP contribution in [0.1, 0.15) is 10.4 Å². The van der Waals surface area contributed by atoms with Crippen molar-refractivity contribution in [2.45, 2.75) is 5.25 Å². The van der Waals surface area contributed by atoms with Gasteiger partial charge in [-0.3, -0.25) is 4.79 Å². The first-order chi connectivity index (χ1) is 9.74. The first kappa shape index (κ1) is 13.8. The molecule has 0 aromatic heterocycles. The Bertz CT molecular complexity index is 519. The Morgan fingerprint density at radius 2 is 2.15 bits per heavy atom. The van der Waals surface area contributed by atoms with Crippen LogP contribution in [-0.2, 0) is 0 Å². The van der Waals surface area contributed by atoms with Crippen LogP contribution in [0.3, 0.4) is 0 Å². The van der Waals surface area contributed by atoms with Gasteiger partial charge in [-0.15, -0.1) is 0 Å². The molecule has 2 aliphatic rings. The smallest absolute Gasteiger partial charge is 0.253 e. The number of nitrogens with one attached hydrogen (secondary N) is 1. The maximum absolute atomic E-state index is 12.2. The summed E-state index contributed by atoms with van der Waals surface area (Å²) in [6, 6.07) is 3.29. The number of anilines is 1. The molecule has 1 atom stereocenters. The van der Waals surface area contributed by atoms with E-state index in [9.17, 15) is 4.79 Å². The second-order valence-electron chi connectivity index (χ2n) is 4.57. The van der Waals surface area contributed by atoms with Crippen LogP contribution in [0.2, 0.25) is 0 Å². The Labute approximate surface area is 125 Å². The molecule has 5 nitrogen and oxygen atoms in total. The highest BCUT2D eigenvalue weighted by Gasteiger charge is 2.21. The Balaban J connectivity index is 1.64. The van der Waals surface area contributed by atoms with Crippen LogP contribution in [0.15, 0.2) is 12.1 Å². The van der Waals surface area contributed by atoms with Gasteiger partial charge < -0.3 is 20.5 Å². The molecule has 0 radical (unpaired) electrons. The van der Waals surface area contributed by atoms with Crippen LogP contribution in [0, 0.1) is 0 Å². The van der Waals surface area contributed by atoms with Crippen molar-refractivity contribution in [2.75, 3.05) is 36.3 Å². The van der Waals surface area contributed by atoms with Gasteiger partial charge in [0.05, 0.1) is 5.56 Å². The quantitative estimate of drug-likeness (QED) is 0.826. The fourth-order valence-electron chi connectivity index (χ4n) is 2.11. The number of ether oxygens (including phenoxy) is 2. The second kappa shape index (κ2) is 6.05. The van der Waals surface area contributed by atoms with Gasteiger partial charge >= 0.3 is 0 Å². The van der Waals surface area contributed by atoms with Gasteiger partial charge in [-0.1, -0.05) is 0 Å². The summed E-state index contributed by atoms with van der Waals surface area (Å²) < 4.78 is 10.5. The highest BCUT2D eigenvalue weighted by molar-refractivity contribution is 8.06. The number of amides is 1. The third-order valence-electron chi connectivity index (χ3n) is 3.16. The fourth-order valence-corrected chi connectivity index (χ4v) is 4.72. The van der Waals surface area contributed by atoms with Gasteiger partial charge in [-0.05, 0) is 6.07 Å². The van der Waals surface area contributed by atoms with Gasteiger partial charge in [0, 0.05) is 40.8 Å². The predicted octanol–water partition coefficient (Wildman–Crippen LogP) is 1.58. The van der Waals surface area contributed by atoms with E-state index in [0.717, 1.165) is 11.5 Å². The van der Waals surface area contributed by atoms with Crippen LogP contribution >= 0.6 is 23.5 Å². The van der Waals surface area contributed by atoms with Crippen molar-refractivity contribution in [1.82, 2.24) is 5.32 Å². The second-order valence-corrected chi connectivity index (χ2v) is 7.13. The van der Waals surface area contributed by atoms with Gasteiger partial charge in [0.25, 0.3) is 5.91 Å². The van der Waals surface area contributed by atoms with Crippen molar-refractivity contribution < 1.29 is 14.3 Å². The molecule has 7 heteroatoms. The zero-order valence-corrected chi connectivity index (χ0v) is 12.5. The van der Waals surface area contributed by atoms with Gasteiger partial charge in [0.1, 0.15) is 0 Å². The topological polar surface area (TPSA) is 73.6 Å². The molecule has 1 aromatic rings. The van der Waals surface area contributed by atoms with Crippen LogP contribution in [0.5, 0.6) is 11.5 Å². The molecule has 3 N–H and O–H groups in total. The summed E-state index contributed by atoms with van der Waals surface area (Å²) in [6.07, 6.45) is 0. The SMILES string of the molecule is Nc1cc2c(cc1C(=O)NCC1CSCCS1)OCO2. The number of hydrogen-bond donors (Lipinski definition) is 2. The van der Waals surface area contributed by atoms with E-state index in [1.165, 1.54) is 5.75 Å². The summed E-state index contributed by atoms with van der Waals surface area (Å²) in [5.74, 6) is 4.45. The molecule has 20 heavy (non-hydrogen) atoms. The monoisotopic (exact) mass is 312 g/mol. The van der Waals surface area contributed by atoms with E-state index in [4.69, 9.17) is 15.2 Å². The molecule has 1 fully saturated rings. The molecule has 2 aliphatic heterocycles. The molecule has 0 aliphatic carbocycles. The highest BCUT2D eigenvalue weighted by Crippen LogP contribution is 2.35. The fraction of sp³-hybridized carbons (Fsp3) is 0.462. The lowest BCUT2D eigenvalue weighted by molar-refractivity contribution is 0.0954. The lowest BCUT2D eigenvalue weighted by Crippen LogP contribution is -2.33. The number of nitrogens with two attached hydrogens (primary N) is 1. The van der Waals surface area contributed by atoms with Crippen molar-refractivity contribution in [3.05, 3.63) is 17.7 Å². The standard InChI is InChI=1S/C13H16N2O3S2/c14-10-4-12-11(17-7-18-12)3-9(10)13(16)15-5-8-6-19-1-2-20-8/h3-4,8H,1-2,5-7,14H2,(H,15,16). The van der Waals surface area contributed by atoms with Crippen molar-refractivity contribution in [3.63, 3.8) is 0 Å². The number of rotatable bonds is 3. The van der Waals surface area contributed by atoms with Crippen molar-refractivity contribution in [1.29, 1.82) is 0 Å². The molecule has 0 bridgehead atoms. The number of carbonyl (C=O) groups excluding carboxylic acids is 1. The van der Waals surface area contributed by atoms with Crippen LogP contribution < -0.4 is 20.5 Å². The number of thioether (sulfide) groups is 2.